The Labute approximate surface area is 95.8 Å². The van der Waals surface area contributed by atoms with Crippen LogP contribution in [-0.4, -0.2) is 19.3 Å². The zero-order valence-electron chi connectivity index (χ0n) is 9.55. The first-order valence-electron chi connectivity index (χ1n) is 5.33. The number of thioether (sulfide) groups is 1. The van der Waals surface area contributed by atoms with Crippen LogP contribution in [0.25, 0.3) is 0 Å². The first-order chi connectivity index (χ1) is 7.13. The highest BCUT2D eigenvalue weighted by Crippen LogP contribution is 2.33. The van der Waals surface area contributed by atoms with Crippen LogP contribution in [0.5, 0.6) is 0 Å². The number of nitrogens with one attached hydrogen (secondary N) is 2. The van der Waals surface area contributed by atoms with Crippen molar-refractivity contribution in [2.75, 3.05) is 24.7 Å². The molecule has 1 aromatic rings. The smallest absolute Gasteiger partial charge is 0.0482 e. The zero-order valence-corrected chi connectivity index (χ0v) is 10.4. The van der Waals surface area contributed by atoms with Gasteiger partial charge in [0.25, 0.3) is 0 Å². The van der Waals surface area contributed by atoms with Crippen LogP contribution in [0.3, 0.4) is 0 Å². The number of anilines is 1. The number of fused-ring (bicyclic) bond motifs is 1. The lowest BCUT2D eigenvalue weighted by atomic mass is 9.94. The van der Waals surface area contributed by atoms with E-state index in [0.717, 1.165) is 6.54 Å². The van der Waals surface area contributed by atoms with E-state index in [1.807, 2.05) is 18.8 Å². The highest BCUT2D eigenvalue weighted by molar-refractivity contribution is 7.99. The summed E-state index contributed by atoms with van der Waals surface area (Å²) in [5.74, 6) is 1.17. The van der Waals surface area contributed by atoms with Crippen molar-refractivity contribution in [1.82, 2.24) is 5.32 Å². The summed E-state index contributed by atoms with van der Waals surface area (Å²) in [7, 11) is 2.00. The van der Waals surface area contributed by atoms with Gasteiger partial charge < -0.3 is 10.6 Å². The number of hydrogen-bond acceptors (Lipinski definition) is 3. The second kappa shape index (κ2) is 4.06. The Morgan fingerprint density at radius 1 is 1.40 bits per heavy atom. The SMILES string of the molecule is CNC(C)(C)c1ccc2c(c1)NCCS2. The first-order valence-corrected chi connectivity index (χ1v) is 6.32. The fourth-order valence-corrected chi connectivity index (χ4v) is 2.55. The molecule has 0 aliphatic carbocycles. The highest BCUT2D eigenvalue weighted by Gasteiger charge is 2.19. The van der Waals surface area contributed by atoms with E-state index in [-0.39, 0.29) is 5.54 Å². The molecule has 2 rings (SSSR count). The van der Waals surface area contributed by atoms with E-state index in [9.17, 15) is 0 Å². The van der Waals surface area contributed by atoms with Gasteiger partial charge in [-0.25, -0.2) is 0 Å². The minimum atomic E-state index is 0.0405. The van der Waals surface area contributed by atoms with E-state index in [0.29, 0.717) is 0 Å². The predicted molar refractivity (Wildman–Crippen MR) is 67.7 cm³/mol. The molecular weight excluding hydrogens is 204 g/mol. The maximum Gasteiger partial charge on any atom is 0.0482 e. The topological polar surface area (TPSA) is 24.1 Å². The maximum atomic E-state index is 3.45. The Morgan fingerprint density at radius 2 is 2.20 bits per heavy atom. The second-order valence-electron chi connectivity index (χ2n) is 4.36. The van der Waals surface area contributed by atoms with Gasteiger partial charge in [-0.3, -0.25) is 0 Å². The van der Waals surface area contributed by atoms with Gasteiger partial charge in [-0.2, -0.15) is 0 Å². The summed E-state index contributed by atoms with van der Waals surface area (Å²) in [5.41, 5.74) is 2.66. The summed E-state index contributed by atoms with van der Waals surface area (Å²) in [6.07, 6.45) is 0. The van der Waals surface area contributed by atoms with Gasteiger partial charge in [-0.05, 0) is 38.6 Å². The molecule has 2 N–H and O–H groups in total. The van der Waals surface area contributed by atoms with Gasteiger partial charge in [-0.15, -0.1) is 11.8 Å². The van der Waals surface area contributed by atoms with Crippen molar-refractivity contribution in [2.45, 2.75) is 24.3 Å². The summed E-state index contributed by atoms with van der Waals surface area (Å²) < 4.78 is 0. The van der Waals surface area contributed by atoms with Crippen molar-refractivity contribution in [3.63, 3.8) is 0 Å². The third-order valence-electron chi connectivity index (χ3n) is 3.00. The molecular formula is C12H18N2S. The van der Waals surface area contributed by atoms with Crippen LogP contribution in [0.1, 0.15) is 19.4 Å². The van der Waals surface area contributed by atoms with Crippen molar-refractivity contribution in [2.24, 2.45) is 0 Å². The predicted octanol–water partition coefficient (Wildman–Crippen LogP) is 2.66. The molecule has 0 spiro atoms. The lowest BCUT2D eigenvalue weighted by Crippen LogP contribution is -2.33. The average Bonchev–Trinajstić information content (AvgIpc) is 2.28. The van der Waals surface area contributed by atoms with E-state index in [1.54, 1.807) is 0 Å². The third kappa shape index (κ3) is 2.13. The fraction of sp³-hybridized carbons (Fsp3) is 0.500. The molecule has 1 heterocycles. The van der Waals surface area contributed by atoms with Crippen LogP contribution in [0.2, 0.25) is 0 Å². The molecule has 2 nitrogen and oxygen atoms in total. The Morgan fingerprint density at radius 3 is 2.93 bits per heavy atom. The largest absolute Gasteiger partial charge is 0.383 e. The molecule has 0 saturated carbocycles. The monoisotopic (exact) mass is 222 g/mol. The van der Waals surface area contributed by atoms with Crippen molar-refractivity contribution in [3.05, 3.63) is 23.8 Å². The summed E-state index contributed by atoms with van der Waals surface area (Å²) >= 11 is 1.93. The standard InChI is InChI=1S/C12H18N2S/c1-12(2,13-3)9-4-5-11-10(8-9)14-6-7-15-11/h4-5,8,13-14H,6-7H2,1-3H3. The Bertz CT molecular complexity index is 361. The van der Waals surface area contributed by atoms with Crippen LogP contribution in [0.15, 0.2) is 23.1 Å². The molecule has 0 aromatic heterocycles. The van der Waals surface area contributed by atoms with E-state index in [1.165, 1.54) is 21.9 Å². The molecule has 0 fully saturated rings. The lowest BCUT2D eigenvalue weighted by molar-refractivity contribution is 0.444. The Kier molecular flexibility index (Phi) is 2.94. The van der Waals surface area contributed by atoms with Gasteiger partial charge in [0, 0.05) is 28.4 Å². The van der Waals surface area contributed by atoms with E-state index < -0.39 is 0 Å². The molecule has 0 atom stereocenters. The van der Waals surface area contributed by atoms with Gasteiger partial charge in [-0.1, -0.05) is 6.07 Å². The van der Waals surface area contributed by atoms with Gasteiger partial charge in [0.1, 0.15) is 0 Å². The zero-order chi connectivity index (χ0) is 10.9. The van der Waals surface area contributed by atoms with Crippen LogP contribution < -0.4 is 10.6 Å². The third-order valence-corrected chi connectivity index (χ3v) is 4.08. The Hall–Kier alpha value is -0.670. The number of benzene rings is 1. The second-order valence-corrected chi connectivity index (χ2v) is 5.50. The average molecular weight is 222 g/mol. The van der Waals surface area contributed by atoms with Crippen molar-refractivity contribution in [3.8, 4) is 0 Å². The molecule has 0 unspecified atom stereocenters. The van der Waals surface area contributed by atoms with Crippen molar-refractivity contribution >= 4 is 17.4 Å². The van der Waals surface area contributed by atoms with Crippen molar-refractivity contribution in [1.29, 1.82) is 0 Å². The van der Waals surface area contributed by atoms with Crippen LogP contribution in [0.4, 0.5) is 5.69 Å². The number of rotatable bonds is 2. The first kappa shape index (κ1) is 10.8. The molecule has 1 aliphatic rings. The van der Waals surface area contributed by atoms with E-state index >= 15 is 0 Å². The van der Waals surface area contributed by atoms with Crippen LogP contribution in [-0.2, 0) is 5.54 Å². The summed E-state index contributed by atoms with van der Waals surface area (Å²) in [6, 6.07) is 6.70. The van der Waals surface area contributed by atoms with Gasteiger partial charge in [0.15, 0.2) is 0 Å². The van der Waals surface area contributed by atoms with Gasteiger partial charge in [0.05, 0.1) is 0 Å². The molecule has 15 heavy (non-hydrogen) atoms. The molecule has 0 amide bonds. The minimum Gasteiger partial charge on any atom is -0.383 e. The minimum absolute atomic E-state index is 0.0405. The van der Waals surface area contributed by atoms with E-state index in [2.05, 4.69) is 42.7 Å². The summed E-state index contributed by atoms with van der Waals surface area (Å²) in [5, 5.41) is 6.78. The maximum absolute atomic E-state index is 3.45. The van der Waals surface area contributed by atoms with Crippen LogP contribution in [0, 0.1) is 0 Å². The molecule has 0 bridgehead atoms. The normalized spacial score (nSPS) is 15.7. The molecule has 0 radical (unpaired) electrons. The highest BCUT2D eigenvalue weighted by atomic mass is 32.2. The quantitative estimate of drug-likeness (QED) is 0.804. The molecule has 3 heteroatoms. The molecule has 0 saturated heterocycles. The van der Waals surface area contributed by atoms with Gasteiger partial charge >= 0.3 is 0 Å². The lowest BCUT2D eigenvalue weighted by Gasteiger charge is -2.27. The van der Waals surface area contributed by atoms with Crippen LogP contribution >= 0.6 is 11.8 Å². The van der Waals surface area contributed by atoms with Gasteiger partial charge in [0.2, 0.25) is 0 Å². The van der Waals surface area contributed by atoms with Crippen molar-refractivity contribution < 1.29 is 0 Å². The molecule has 1 aromatic carbocycles. The molecule has 1 aliphatic heterocycles. The Balaban J connectivity index is 2.36. The summed E-state index contributed by atoms with van der Waals surface area (Å²) in [6.45, 7) is 5.47. The number of hydrogen-bond donors (Lipinski definition) is 2. The fourth-order valence-electron chi connectivity index (χ4n) is 1.67. The summed E-state index contributed by atoms with van der Waals surface area (Å²) in [4.78, 5) is 1.37. The van der Waals surface area contributed by atoms with E-state index in [4.69, 9.17) is 0 Å². The molecule has 82 valence electrons.